The Morgan fingerprint density at radius 3 is 1.97 bits per heavy atom. The number of aryl methyl sites for hydroxylation is 1. The van der Waals surface area contributed by atoms with Crippen molar-refractivity contribution >= 4 is 39.6 Å². The van der Waals surface area contributed by atoms with Gasteiger partial charge in [0.15, 0.2) is 17.2 Å². The second kappa shape index (κ2) is 7.27. The number of benzene rings is 3. The number of carbonyl (C=O) groups excluding carboxylic acids is 2. The van der Waals surface area contributed by atoms with Gasteiger partial charge in [-0.15, -0.1) is 13.2 Å². The third-order valence-electron chi connectivity index (χ3n) is 6.32. The van der Waals surface area contributed by atoms with Gasteiger partial charge in [-0.2, -0.15) is 0 Å². The summed E-state index contributed by atoms with van der Waals surface area (Å²) in [5.41, 5.74) is 0.355. The van der Waals surface area contributed by atoms with Crippen molar-refractivity contribution in [2.24, 2.45) is 7.05 Å². The van der Waals surface area contributed by atoms with Gasteiger partial charge in [-0.05, 0) is 35.0 Å². The second-order valence-electron chi connectivity index (χ2n) is 8.40. The molecule has 0 unspecified atom stereocenters. The molecular formula is C27H16F3N3O2. The number of fused-ring (bicyclic) bond motifs is 3. The molecule has 5 nitrogen and oxygen atoms in total. The lowest BCUT2D eigenvalue weighted by Crippen LogP contribution is -2.18. The van der Waals surface area contributed by atoms with Crippen LogP contribution in [0.4, 0.5) is 13.2 Å². The first-order valence-corrected chi connectivity index (χ1v) is 10.8. The molecular weight excluding hydrogens is 455 g/mol. The van der Waals surface area contributed by atoms with Crippen LogP contribution in [0.25, 0.3) is 39.4 Å². The molecule has 0 spiro atoms. The lowest BCUT2D eigenvalue weighted by atomic mass is 10.0. The van der Waals surface area contributed by atoms with Crippen LogP contribution in [0.15, 0.2) is 78.4 Å². The minimum absolute atomic E-state index is 0.113. The maximum atomic E-state index is 14.2. The van der Waals surface area contributed by atoms with E-state index >= 15 is 0 Å². The summed E-state index contributed by atoms with van der Waals surface area (Å²) in [6.45, 7) is 0. The molecule has 6 rings (SSSR count). The monoisotopic (exact) mass is 471 g/mol. The predicted octanol–water partition coefficient (Wildman–Crippen LogP) is 6.13. The zero-order valence-electron chi connectivity index (χ0n) is 18.3. The van der Waals surface area contributed by atoms with Gasteiger partial charge in [0, 0.05) is 23.7 Å². The maximum absolute atomic E-state index is 14.2. The SMILES string of the molecule is Cn1c(-c2ccccc2)nc2c1cc(C=C1C(=O)c3cc4ccccc4cc3C1=O)n2C(F)(F)F. The largest absolute Gasteiger partial charge is 0.490 e. The smallest absolute Gasteiger partial charge is 0.326 e. The average molecular weight is 471 g/mol. The molecule has 0 saturated carbocycles. The highest BCUT2D eigenvalue weighted by atomic mass is 19.4. The number of imidazole rings is 1. The van der Waals surface area contributed by atoms with Crippen molar-refractivity contribution in [1.82, 2.24) is 14.1 Å². The maximum Gasteiger partial charge on any atom is 0.490 e. The van der Waals surface area contributed by atoms with Crippen molar-refractivity contribution in [2.45, 2.75) is 6.30 Å². The topological polar surface area (TPSA) is 56.9 Å². The van der Waals surface area contributed by atoms with E-state index in [1.54, 1.807) is 48.0 Å². The van der Waals surface area contributed by atoms with Crippen LogP contribution < -0.4 is 0 Å². The summed E-state index contributed by atoms with van der Waals surface area (Å²) in [6, 6.07) is 20.7. The van der Waals surface area contributed by atoms with E-state index in [0.29, 0.717) is 11.4 Å². The first-order valence-electron chi connectivity index (χ1n) is 10.8. The number of nitrogens with zero attached hydrogens (tertiary/aromatic N) is 3. The molecule has 0 atom stereocenters. The number of ketones is 2. The van der Waals surface area contributed by atoms with Crippen molar-refractivity contribution in [2.75, 3.05) is 0 Å². The molecule has 35 heavy (non-hydrogen) atoms. The van der Waals surface area contributed by atoms with Crippen molar-refractivity contribution in [3.8, 4) is 11.4 Å². The van der Waals surface area contributed by atoms with Crippen molar-refractivity contribution in [1.29, 1.82) is 0 Å². The van der Waals surface area contributed by atoms with Gasteiger partial charge in [0.1, 0.15) is 5.82 Å². The van der Waals surface area contributed by atoms with E-state index in [2.05, 4.69) is 4.98 Å². The molecule has 0 aliphatic heterocycles. The number of alkyl halides is 3. The molecule has 0 radical (unpaired) electrons. The van der Waals surface area contributed by atoms with Gasteiger partial charge < -0.3 is 4.57 Å². The summed E-state index contributed by atoms with van der Waals surface area (Å²) in [6.07, 6.45) is -3.80. The van der Waals surface area contributed by atoms with E-state index in [-0.39, 0.29) is 38.1 Å². The van der Waals surface area contributed by atoms with Gasteiger partial charge in [0.25, 0.3) is 0 Å². The summed E-state index contributed by atoms with van der Waals surface area (Å²) < 4.78 is 44.2. The lowest BCUT2D eigenvalue weighted by molar-refractivity contribution is -0.201. The fourth-order valence-corrected chi connectivity index (χ4v) is 4.66. The van der Waals surface area contributed by atoms with E-state index in [4.69, 9.17) is 0 Å². The summed E-state index contributed by atoms with van der Waals surface area (Å²) in [5, 5.41) is 1.55. The van der Waals surface area contributed by atoms with Crippen molar-refractivity contribution < 1.29 is 22.8 Å². The Kier molecular flexibility index (Phi) is 4.38. The van der Waals surface area contributed by atoms with Gasteiger partial charge >= 0.3 is 6.30 Å². The van der Waals surface area contributed by atoms with Crippen molar-refractivity contribution in [3.63, 3.8) is 0 Å². The first kappa shape index (κ1) is 21.1. The van der Waals surface area contributed by atoms with Crippen LogP contribution >= 0.6 is 0 Å². The molecule has 8 heteroatoms. The molecule has 2 heterocycles. The van der Waals surface area contributed by atoms with Crippen LogP contribution in [0, 0.1) is 0 Å². The Morgan fingerprint density at radius 2 is 1.40 bits per heavy atom. The highest BCUT2D eigenvalue weighted by molar-refractivity contribution is 6.42. The average Bonchev–Trinajstić information content (AvgIpc) is 3.43. The number of Topliss-reactive ketones (excluding diaryl/α,β-unsaturated/α-hetero) is 2. The predicted molar refractivity (Wildman–Crippen MR) is 126 cm³/mol. The van der Waals surface area contributed by atoms with Crippen LogP contribution in [0.2, 0.25) is 0 Å². The van der Waals surface area contributed by atoms with Crippen LogP contribution in [0.3, 0.4) is 0 Å². The summed E-state index contributed by atoms with van der Waals surface area (Å²) in [4.78, 5) is 30.4. The van der Waals surface area contributed by atoms with E-state index in [1.165, 1.54) is 6.07 Å². The minimum Gasteiger partial charge on any atom is -0.326 e. The molecule has 0 N–H and O–H groups in total. The number of halogens is 3. The first-order chi connectivity index (χ1) is 16.7. The van der Waals surface area contributed by atoms with Crippen LogP contribution in [-0.2, 0) is 13.3 Å². The van der Waals surface area contributed by atoms with E-state index in [0.717, 1.165) is 16.8 Å². The van der Waals surface area contributed by atoms with Gasteiger partial charge in [0.2, 0.25) is 0 Å². The molecule has 1 aliphatic rings. The number of aromatic nitrogens is 3. The summed E-state index contributed by atoms with van der Waals surface area (Å²) in [5.74, 6) is -0.805. The minimum atomic E-state index is -4.82. The van der Waals surface area contributed by atoms with E-state index in [9.17, 15) is 22.8 Å². The molecule has 0 saturated heterocycles. The number of hydrogen-bond donors (Lipinski definition) is 0. The highest BCUT2D eigenvalue weighted by Crippen LogP contribution is 2.37. The third-order valence-corrected chi connectivity index (χ3v) is 6.32. The van der Waals surface area contributed by atoms with Gasteiger partial charge in [-0.25, -0.2) is 9.55 Å². The number of hydrogen-bond acceptors (Lipinski definition) is 3. The fourth-order valence-electron chi connectivity index (χ4n) is 4.66. The van der Waals surface area contributed by atoms with E-state index in [1.807, 2.05) is 30.3 Å². The number of allylic oxidation sites excluding steroid dienone is 1. The Hall–Kier alpha value is -4.46. The molecule has 5 aromatic rings. The van der Waals surface area contributed by atoms with Crippen LogP contribution in [0.1, 0.15) is 26.4 Å². The van der Waals surface area contributed by atoms with Crippen LogP contribution in [-0.4, -0.2) is 25.7 Å². The summed E-state index contributed by atoms with van der Waals surface area (Å²) in [7, 11) is 1.63. The van der Waals surface area contributed by atoms with Crippen LogP contribution in [0.5, 0.6) is 0 Å². The molecule has 172 valence electrons. The Labute approximate surface area is 196 Å². The highest BCUT2D eigenvalue weighted by Gasteiger charge is 2.38. The Balaban J connectivity index is 1.53. The van der Waals surface area contributed by atoms with Crippen molar-refractivity contribution in [3.05, 3.63) is 95.2 Å². The molecule has 0 fully saturated rings. The third kappa shape index (κ3) is 3.13. The van der Waals surface area contributed by atoms with Gasteiger partial charge in [0.05, 0.1) is 16.8 Å². The summed E-state index contributed by atoms with van der Waals surface area (Å²) >= 11 is 0. The fraction of sp³-hybridized carbons (Fsp3) is 0.0741. The normalized spacial score (nSPS) is 13.8. The van der Waals surface area contributed by atoms with E-state index < -0.39 is 17.9 Å². The quantitative estimate of drug-likeness (QED) is 0.230. The number of carbonyl (C=O) groups is 2. The number of rotatable bonds is 2. The van der Waals surface area contributed by atoms with Gasteiger partial charge in [-0.1, -0.05) is 54.6 Å². The molecule has 2 aromatic heterocycles. The van der Waals surface area contributed by atoms with Gasteiger partial charge in [-0.3, -0.25) is 9.59 Å². The molecule has 3 aromatic carbocycles. The lowest BCUT2D eigenvalue weighted by Gasteiger charge is -2.11. The standard InChI is InChI=1S/C27H16F3N3O2/c1-32-22-14-18(33(27(28,29)30)26(22)31-25(32)15-7-3-2-4-8-15)13-21-23(34)19-11-16-9-5-6-10-17(16)12-20(19)24(21)35/h2-14H,1H3. The molecule has 1 aliphatic carbocycles. The zero-order valence-corrected chi connectivity index (χ0v) is 18.3. The molecule has 0 bridgehead atoms. The second-order valence-corrected chi connectivity index (χ2v) is 8.40. The Morgan fingerprint density at radius 1 is 0.829 bits per heavy atom. The zero-order chi connectivity index (χ0) is 24.5. The Bertz CT molecular complexity index is 1670. The molecule has 0 amide bonds.